The lowest BCUT2D eigenvalue weighted by Crippen LogP contribution is -2.31. The Bertz CT molecular complexity index is 599. The number of hydrogen-bond acceptors (Lipinski definition) is 2. The Hall–Kier alpha value is -1.40. The Morgan fingerprint density at radius 1 is 1.04 bits per heavy atom. The zero-order chi connectivity index (χ0) is 16.5. The highest BCUT2D eigenvalue weighted by molar-refractivity contribution is 14.1. The van der Waals surface area contributed by atoms with Crippen molar-refractivity contribution >= 4 is 28.5 Å². The molecule has 0 aliphatic heterocycles. The first-order valence-electron chi connectivity index (χ1n) is 7.97. The molecule has 3 N–H and O–H groups in total. The van der Waals surface area contributed by atoms with Gasteiger partial charge in [-0.25, -0.2) is 0 Å². The van der Waals surface area contributed by atoms with E-state index < -0.39 is 0 Å². The zero-order valence-corrected chi connectivity index (χ0v) is 15.3. The zero-order valence-electron chi connectivity index (χ0n) is 13.2. The molecule has 2 aromatic rings. The van der Waals surface area contributed by atoms with Crippen LogP contribution < -0.4 is 11.1 Å². The van der Waals surface area contributed by atoms with Gasteiger partial charge in [0.05, 0.1) is 0 Å². The number of benzene rings is 2. The molecule has 0 radical (unpaired) electrons. The SMILES string of the molecule is N[C@@H](CNC(=O)CCCCc1ccc(I)cc1)c1ccccc1. The van der Waals surface area contributed by atoms with E-state index >= 15 is 0 Å². The van der Waals surface area contributed by atoms with Crippen LogP contribution in [0.15, 0.2) is 54.6 Å². The molecule has 0 unspecified atom stereocenters. The summed E-state index contributed by atoms with van der Waals surface area (Å²) in [5.41, 5.74) is 8.45. The third-order valence-electron chi connectivity index (χ3n) is 3.78. The number of carbonyl (C=O) groups excluding carboxylic acids is 1. The van der Waals surface area contributed by atoms with Gasteiger partial charge in [0.25, 0.3) is 0 Å². The second-order valence-corrected chi connectivity index (χ2v) is 6.90. The molecule has 0 heterocycles. The quantitative estimate of drug-likeness (QED) is 0.502. The van der Waals surface area contributed by atoms with Gasteiger partial charge >= 0.3 is 0 Å². The van der Waals surface area contributed by atoms with Gasteiger partial charge in [-0.05, 0) is 65.1 Å². The summed E-state index contributed by atoms with van der Waals surface area (Å²) in [4.78, 5) is 11.9. The number of halogens is 1. The van der Waals surface area contributed by atoms with Gasteiger partial charge in [0.15, 0.2) is 0 Å². The number of nitrogens with one attached hydrogen (secondary N) is 1. The van der Waals surface area contributed by atoms with Gasteiger partial charge in [0, 0.05) is 22.6 Å². The fraction of sp³-hybridized carbons (Fsp3) is 0.316. The van der Waals surface area contributed by atoms with Crippen molar-refractivity contribution in [2.24, 2.45) is 5.73 Å². The molecule has 0 aliphatic carbocycles. The topological polar surface area (TPSA) is 55.1 Å². The molecule has 0 fully saturated rings. The summed E-state index contributed by atoms with van der Waals surface area (Å²) in [6, 6.07) is 18.2. The van der Waals surface area contributed by atoms with Crippen molar-refractivity contribution in [1.29, 1.82) is 0 Å². The van der Waals surface area contributed by atoms with Crippen molar-refractivity contribution in [3.63, 3.8) is 0 Å². The maximum absolute atomic E-state index is 11.9. The van der Waals surface area contributed by atoms with E-state index in [1.54, 1.807) is 0 Å². The maximum atomic E-state index is 11.9. The van der Waals surface area contributed by atoms with Crippen LogP contribution in [0.2, 0.25) is 0 Å². The normalized spacial score (nSPS) is 11.9. The summed E-state index contributed by atoms with van der Waals surface area (Å²) in [5, 5.41) is 2.92. The standard InChI is InChI=1S/C19H23IN2O/c20-17-12-10-15(11-13-17)6-4-5-9-19(23)22-14-18(21)16-7-2-1-3-8-16/h1-3,7-8,10-13,18H,4-6,9,14,21H2,(H,22,23)/t18-/m0/s1. The lowest BCUT2D eigenvalue weighted by Gasteiger charge is -2.13. The van der Waals surface area contributed by atoms with Crippen molar-refractivity contribution < 1.29 is 4.79 Å². The number of hydrogen-bond donors (Lipinski definition) is 2. The molecule has 0 aliphatic rings. The number of aryl methyl sites for hydroxylation is 1. The second kappa shape index (κ2) is 9.67. The largest absolute Gasteiger partial charge is 0.354 e. The van der Waals surface area contributed by atoms with Crippen molar-refractivity contribution in [2.45, 2.75) is 31.7 Å². The van der Waals surface area contributed by atoms with Crippen LogP contribution in [-0.2, 0) is 11.2 Å². The predicted molar refractivity (Wildman–Crippen MR) is 103 cm³/mol. The molecule has 1 atom stereocenters. The average molecular weight is 422 g/mol. The molecular weight excluding hydrogens is 399 g/mol. The lowest BCUT2D eigenvalue weighted by atomic mass is 10.1. The summed E-state index contributed by atoms with van der Waals surface area (Å²) in [6.45, 7) is 0.486. The van der Waals surface area contributed by atoms with Crippen LogP contribution >= 0.6 is 22.6 Å². The van der Waals surface area contributed by atoms with Crippen molar-refractivity contribution in [3.05, 3.63) is 69.3 Å². The number of nitrogens with two attached hydrogens (primary N) is 1. The summed E-state index contributed by atoms with van der Waals surface area (Å²) in [7, 11) is 0. The number of carbonyl (C=O) groups is 1. The highest BCUT2D eigenvalue weighted by Crippen LogP contribution is 2.11. The highest BCUT2D eigenvalue weighted by atomic mass is 127. The molecule has 4 heteroatoms. The molecule has 0 saturated heterocycles. The van der Waals surface area contributed by atoms with Crippen molar-refractivity contribution in [3.8, 4) is 0 Å². The fourth-order valence-corrected chi connectivity index (χ4v) is 2.76. The molecule has 0 aromatic heterocycles. The van der Waals surface area contributed by atoms with Gasteiger partial charge in [0.1, 0.15) is 0 Å². The molecule has 122 valence electrons. The van der Waals surface area contributed by atoms with Crippen LogP contribution in [0.1, 0.15) is 36.4 Å². The fourth-order valence-electron chi connectivity index (χ4n) is 2.40. The molecule has 1 amide bonds. The molecule has 23 heavy (non-hydrogen) atoms. The van der Waals surface area contributed by atoms with E-state index in [0.29, 0.717) is 13.0 Å². The molecule has 2 rings (SSSR count). The van der Waals surface area contributed by atoms with Crippen LogP contribution in [0.3, 0.4) is 0 Å². The van der Waals surface area contributed by atoms with Gasteiger partial charge in [0.2, 0.25) is 5.91 Å². The molecular formula is C19H23IN2O. The Morgan fingerprint density at radius 2 is 1.74 bits per heavy atom. The van der Waals surface area contributed by atoms with Gasteiger partial charge in [-0.2, -0.15) is 0 Å². The Labute approximate surface area is 151 Å². The van der Waals surface area contributed by atoms with Gasteiger partial charge < -0.3 is 11.1 Å². The van der Waals surface area contributed by atoms with Crippen LogP contribution in [0.4, 0.5) is 0 Å². The first-order chi connectivity index (χ1) is 11.1. The van der Waals surface area contributed by atoms with E-state index in [1.165, 1.54) is 9.13 Å². The minimum Gasteiger partial charge on any atom is -0.354 e. The Kier molecular flexibility index (Phi) is 7.55. The third kappa shape index (κ3) is 6.71. The van der Waals surface area contributed by atoms with Gasteiger partial charge in [-0.15, -0.1) is 0 Å². The van der Waals surface area contributed by atoms with E-state index in [2.05, 4.69) is 52.2 Å². The monoisotopic (exact) mass is 422 g/mol. The van der Waals surface area contributed by atoms with Crippen LogP contribution in [0.25, 0.3) is 0 Å². The molecule has 0 spiro atoms. The highest BCUT2D eigenvalue weighted by Gasteiger charge is 2.07. The number of rotatable bonds is 8. The number of amides is 1. The smallest absolute Gasteiger partial charge is 0.220 e. The van der Waals surface area contributed by atoms with Crippen molar-refractivity contribution in [1.82, 2.24) is 5.32 Å². The lowest BCUT2D eigenvalue weighted by molar-refractivity contribution is -0.121. The first kappa shape index (κ1) is 17.9. The number of unbranched alkanes of at least 4 members (excludes halogenated alkanes) is 1. The van der Waals surface area contributed by atoms with Crippen LogP contribution in [0, 0.1) is 3.57 Å². The maximum Gasteiger partial charge on any atom is 0.220 e. The first-order valence-corrected chi connectivity index (χ1v) is 9.04. The van der Waals surface area contributed by atoms with Gasteiger partial charge in [-0.3, -0.25) is 4.79 Å². The van der Waals surface area contributed by atoms with E-state index in [0.717, 1.165) is 24.8 Å². The minimum absolute atomic E-state index is 0.0824. The summed E-state index contributed by atoms with van der Waals surface area (Å²) >= 11 is 2.31. The predicted octanol–water partition coefficient (Wildman–Crippen LogP) is 3.82. The summed E-state index contributed by atoms with van der Waals surface area (Å²) in [6.07, 6.45) is 3.51. The average Bonchev–Trinajstić information content (AvgIpc) is 2.59. The molecule has 2 aromatic carbocycles. The molecule has 0 bridgehead atoms. The van der Waals surface area contributed by atoms with E-state index in [9.17, 15) is 4.79 Å². The van der Waals surface area contributed by atoms with Crippen LogP contribution in [-0.4, -0.2) is 12.5 Å². The second-order valence-electron chi connectivity index (χ2n) is 5.65. The molecule has 3 nitrogen and oxygen atoms in total. The molecule has 0 saturated carbocycles. The summed E-state index contributed by atoms with van der Waals surface area (Å²) < 4.78 is 1.25. The Morgan fingerprint density at radius 3 is 2.43 bits per heavy atom. The van der Waals surface area contributed by atoms with E-state index in [1.807, 2.05) is 30.3 Å². The Balaban J connectivity index is 1.61. The summed E-state index contributed by atoms with van der Waals surface area (Å²) in [5.74, 6) is 0.0824. The van der Waals surface area contributed by atoms with Crippen molar-refractivity contribution in [2.75, 3.05) is 6.54 Å². The minimum atomic E-state index is -0.146. The third-order valence-corrected chi connectivity index (χ3v) is 4.50. The van der Waals surface area contributed by atoms with E-state index in [-0.39, 0.29) is 11.9 Å². The van der Waals surface area contributed by atoms with Crippen LogP contribution in [0.5, 0.6) is 0 Å². The van der Waals surface area contributed by atoms with E-state index in [4.69, 9.17) is 5.73 Å². The van der Waals surface area contributed by atoms with Gasteiger partial charge in [-0.1, -0.05) is 42.5 Å².